The predicted molar refractivity (Wildman–Crippen MR) is 149 cm³/mol. The Kier molecular flexibility index (Phi) is 9.07. The fraction of sp³-hybridized carbons (Fsp3) is 0.588. The van der Waals surface area contributed by atoms with Gasteiger partial charge in [0, 0.05) is 0 Å². The Balaban J connectivity index is 1.11. The van der Waals surface area contributed by atoms with Crippen LogP contribution in [0.2, 0.25) is 0 Å². The number of hydrogen-bond acceptors (Lipinski definition) is 2. The third-order valence-electron chi connectivity index (χ3n) is 9.76. The molecule has 0 radical (unpaired) electrons. The van der Waals surface area contributed by atoms with E-state index in [1.54, 1.807) is 6.92 Å². The van der Waals surface area contributed by atoms with E-state index in [1.165, 1.54) is 81.9 Å². The van der Waals surface area contributed by atoms with Crippen LogP contribution in [-0.2, 0) is 6.61 Å². The highest BCUT2D eigenvalue weighted by Crippen LogP contribution is 2.51. The minimum atomic E-state index is -1.000. The molecule has 206 valence electrons. The summed E-state index contributed by atoms with van der Waals surface area (Å²) in [5, 5.41) is 0. The molecule has 0 spiro atoms. The van der Waals surface area contributed by atoms with Crippen molar-refractivity contribution in [2.45, 2.75) is 90.6 Å². The molecule has 0 N–H and O–H groups in total. The van der Waals surface area contributed by atoms with Gasteiger partial charge in [0.25, 0.3) is 0 Å². The van der Waals surface area contributed by atoms with Gasteiger partial charge in [-0.2, -0.15) is 8.78 Å². The lowest BCUT2D eigenvalue weighted by Crippen LogP contribution is -2.34. The van der Waals surface area contributed by atoms with Crippen LogP contribution in [0.15, 0.2) is 48.6 Å². The summed E-state index contributed by atoms with van der Waals surface area (Å²) in [6.45, 7) is 4.38. The second kappa shape index (κ2) is 12.7. The molecule has 0 bridgehead atoms. The summed E-state index contributed by atoms with van der Waals surface area (Å²) in [5.41, 5.74) is 2.37. The zero-order chi connectivity index (χ0) is 26.5. The van der Waals surface area contributed by atoms with E-state index in [9.17, 15) is 8.78 Å². The van der Waals surface area contributed by atoms with E-state index in [0.717, 1.165) is 35.2 Å². The van der Waals surface area contributed by atoms with Gasteiger partial charge < -0.3 is 9.47 Å². The Hall–Kier alpha value is -2.36. The number of fused-ring (bicyclic) bond motifs is 1. The van der Waals surface area contributed by atoms with Crippen LogP contribution in [0.1, 0.15) is 95.1 Å². The van der Waals surface area contributed by atoms with Crippen LogP contribution in [0, 0.1) is 41.2 Å². The number of allylic oxidation sites excluding steroid dienone is 2. The van der Waals surface area contributed by atoms with Gasteiger partial charge in [-0.25, -0.2) is 0 Å². The first-order chi connectivity index (χ1) is 18.6. The van der Waals surface area contributed by atoms with Crippen molar-refractivity contribution in [3.8, 4) is 11.5 Å². The summed E-state index contributed by atoms with van der Waals surface area (Å²) in [6.07, 6.45) is 18.6. The van der Waals surface area contributed by atoms with Gasteiger partial charge in [-0.05, 0) is 137 Å². The average molecular weight is 523 g/mol. The molecule has 4 atom stereocenters. The molecule has 0 amide bonds. The van der Waals surface area contributed by atoms with Crippen LogP contribution in [0.3, 0.4) is 0 Å². The number of ether oxygens (including phenoxy) is 2. The normalized spacial score (nSPS) is 29.7. The Morgan fingerprint density at radius 1 is 0.711 bits per heavy atom. The van der Waals surface area contributed by atoms with E-state index >= 15 is 0 Å². The van der Waals surface area contributed by atoms with Crippen LogP contribution >= 0.6 is 0 Å². The maximum absolute atomic E-state index is 14.3. The Bertz CT molecular complexity index is 1070. The highest BCUT2D eigenvalue weighted by Gasteiger charge is 2.38. The Labute approximate surface area is 227 Å². The largest absolute Gasteiger partial charge is 0.491 e. The van der Waals surface area contributed by atoms with Crippen molar-refractivity contribution >= 4 is 0 Å². The number of rotatable bonds is 8. The summed E-state index contributed by atoms with van der Waals surface area (Å²) in [4.78, 5) is 0. The maximum atomic E-state index is 14.3. The van der Waals surface area contributed by atoms with E-state index in [1.807, 2.05) is 0 Å². The fourth-order valence-electron chi connectivity index (χ4n) is 7.68. The molecule has 3 saturated carbocycles. The molecule has 38 heavy (non-hydrogen) atoms. The lowest BCUT2D eigenvalue weighted by atomic mass is 9.60. The molecule has 5 rings (SSSR count). The van der Waals surface area contributed by atoms with Crippen LogP contribution < -0.4 is 9.47 Å². The van der Waals surface area contributed by atoms with E-state index in [-0.39, 0.29) is 24.7 Å². The van der Waals surface area contributed by atoms with Gasteiger partial charge in [-0.1, -0.05) is 36.4 Å². The van der Waals surface area contributed by atoms with E-state index < -0.39 is 11.6 Å². The smallest absolute Gasteiger partial charge is 0.204 e. The van der Waals surface area contributed by atoms with Crippen LogP contribution in [0.25, 0.3) is 0 Å². The van der Waals surface area contributed by atoms with Crippen molar-refractivity contribution in [1.82, 2.24) is 0 Å². The zero-order valence-corrected chi connectivity index (χ0v) is 23.1. The number of benzene rings is 2. The van der Waals surface area contributed by atoms with Crippen LogP contribution in [0.5, 0.6) is 11.5 Å². The molecular weight excluding hydrogens is 478 g/mol. The highest BCUT2D eigenvalue weighted by molar-refractivity contribution is 5.35. The summed E-state index contributed by atoms with van der Waals surface area (Å²) in [5.74, 6) is 3.03. The minimum absolute atomic E-state index is 0.0860. The first-order valence-corrected chi connectivity index (χ1v) is 15.0. The molecule has 3 aliphatic carbocycles. The molecule has 2 aromatic carbocycles. The van der Waals surface area contributed by atoms with Gasteiger partial charge in [0.15, 0.2) is 11.5 Å². The average Bonchev–Trinajstić information content (AvgIpc) is 2.95. The van der Waals surface area contributed by atoms with Gasteiger partial charge >= 0.3 is 0 Å². The summed E-state index contributed by atoms with van der Waals surface area (Å²) >= 11 is 0. The van der Waals surface area contributed by atoms with Gasteiger partial charge in [0.1, 0.15) is 6.61 Å². The van der Waals surface area contributed by atoms with Crippen molar-refractivity contribution in [2.24, 2.45) is 29.6 Å². The van der Waals surface area contributed by atoms with Crippen molar-refractivity contribution in [2.75, 3.05) is 6.61 Å². The number of halogens is 2. The summed E-state index contributed by atoms with van der Waals surface area (Å²) in [6, 6.07) is 11.4. The molecule has 0 heterocycles. The van der Waals surface area contributed by atoms with Gasteiger partial charge in [0.2, 0.25) is 11.6 Å². The molecule has 0 saturated heterocycles. The lowest BCUT2D eigenvalue weighted by Gasteiger charge is -2.45. The van der Waals surface area contributed by atoms with Crippen LogP contribution in [0.4, 0.5) is 8.78 Å². The quantitative estimate of drug-likeness (QED) is 0.321. The molecular formula is C34H44F2O2. The fourth-order valence-corrected chi connectivity index (χ4v) is 7.68. The number of hydrogen-bond donors (Lipinski definition) is 0. The monoisotopic (exact) mass is 522 g/mol. The van der Waals surface area contributed by atoms with Crippen molar-refractivity contribution in [3.63, 3.8) is 0 Å². The topological polar surface area (TPSA) is 18.5 Å². The molecule has 2 nitrogen and oxygen atoms in total. The first-order valence-electron chi connectivity index (χ1n) is 15.0. The Morgan fingerprint density at radius 3 is 1.95 bits per heavy atom. The minimum Gasteiger partial charge on any atom is -0.491 e. The molecule has 4 unspecified atom stereocenters. The molecule has 0 aromatic heterocycles. The second-order valence-electron chi connectivity index (χ2n) is 12.0. The van der Waals surface area contributed by atoms with Gasteiger partial charge in [-0.3, -0.25) is 0 Å². The van der Waals surface area contributed by atoms with Crippen molar-refractivity contribution < 1.29 is 18.3 Å². The predicted octanol–water partition coefficient (Wildman–Crippen LogP) is 9.62. The molecule has 3 aliphatic rings. The van der Waals surface area contributed by atoms with E-state index in [2.05, 4.69) is 43.3 Å². The Morgan fingerprint density at radius 2 is 1.29 bits per heavy atom. The SMILES string of the molecule is CC=CC1CCC(C2CCC3CC(c4ccc(COc5ccc(OCC)c(F)c5F)cc4)CCC3C2)CC1. The summed E-state index contributed by atoms with van der Waals surface area (Å²) < 4.78 is 39.2. The third kappa shape index (κ3) is 6.26. The molecule has 3 fully saturated rings. The highest BCUT2D eigenvalue weighted by atomic mass is 19.2. The van der Waals surface area contributed by atoms with E-state index in [0.29, 0.717) is 5.92 Å². The van der Waals surface area contributed by atoms with Crippen LogP contribution in [-0.4, -0.2) is 6.61 Å². The second-order valence-corrected chi connectivity index (χ2v) is 12.0. The standard InChI is InChI=1S/C34H44F2O2/c1-3-5-23-6-10-25(11-7-23)27-14-16-30-21-28(15-17-29(30)20-27)26-12-8-24(9-13-26)22-38-32-19-18-31(37-4-2)33(35)34(32)36/h3,5,8-9,12-13,18-19,23,25,27-30H,4,6-7,10-11,14-17,20-22H2,1-2H3. The zero-order valence-electron chi connectivity index (χ0n) is 23.1. The maximum Gasteiger partial charge on any atom is 0.204 e. The third-order valence-corrected chi connectivity index (χ3v) is 9.76. The molecule has 2 aromatic rings. The van der Waals surface area contributed by atoms with E-state index in [4.69, 9.17) is 9.47 Å². The van der Waals surface area contributed by atoms with Gasteiger partial charge in [0.05, 0.1) is 6.61 Å². The lowest BCUT2D eigenvalue weighted by molar-refractivity contribution is 0.0748. The molecule has 4 heteroatoms. The first kappa shape index (κ1) is 27.2. The van der Waals surface area contributed by atoms with Gasteiger partial charge in [-0.15, -0.1) is 0 Å². The van der Waals surface area contributed by atoms with Crippen molar-refractivity contribution in [1.29, 1.82) is 0 Å². The van der Waals surface area contributed by atoms with Crippen molar-refractivity contribution in [3.05, 3.63) is 71.3 Å². The molecule has 0 aliphatic heterocycles. The summed E-state index contributed by atoms with van der Waals surface area (Å²) in [7, 11) is 0.